The quantitative estimate of drug-likeness (QED) is 0.700. The molecule has 8 heteroatoms. The van der Waals surface area contributed by atoms with Crippen LogP contribution in [0.4, 0.5) is 5.69 Å². The van der Waals surface area contributed by atoms with Crippen LogP contribution in [0.15, 0.2) is 48.5 Å². The van der Waals surface area contributed by atoms with Gasteiger partial charge < -0.3 is 10.6 Å². The molecule has 0 aliphatic heterocycles. The number of hydrogen-bond donors (Lipinski definition) is 2. The van der Waals surface area contributed by atoms with Gasteiger partial charge in [-0.2, -0.15) is 0 Å². The van der Waals surface area contributed by atoms with Crippen LogP contribution >= 0.6 is 22.9 Å². The average Bonchev–Trinajstić information content (AvgIpc) is 3.11. The van der Waals surface area contributed by atoms with Crippen molar-refractivity contribution in [3.63, 3.8) is 0 Å². The number of aromatic nitrogens is 2. The summed E-state index contributed by atoms with van der Waals surface area (Å²) in [5, 5.41) is 13.8. The number of halogens is 1. The molecule has 0 fully saturated rings. The van der Waals surface area contributed by atoms with Crippen LogP contribution < -0.4 is 10.6 Å². The van der Waals surface area contributed by atoms with E-state index in [1.807, 2.05) is 31.2 Å². The fourth-order valence-corrected chi connectivity index (χ4v) is 3.06. The first-order valence-electron chi connectivity index (χ1n) is 7.76. The molecule has 0 radical (unpaired) electrons. The summed E-state index contributed by atoms with van der Waals surface area (Å²) in [6, 6.07) is 14.5. The Morgan fingerprint density at radius 3 is 2.50 bits per heavy atom. The first-order chi connectivity index (χ1) is 12.5. The molecule has 0 aliphatic carbocycles. The van der Waals surface area contributed by atoms with Crippen LogP contribution in [-0.2, 0) is 6.54 Å². The van der Waals surface area contributed by atoms with Gasteiger partial charge in [-0.15, -0.1) is 10.2 Å². The van der Waals surface area contributed by atoms with Gasteiger partial charge in [-0.3, -0.25) is 9.59 Å². The molecule has 1 heterocycles. The normalized spacial score (nSPS) is 10.4. The van der Waals surface area contributed by atoms with Gasteiger partial charge in [0.25, 0.3) is 11.8 Å². The minimum absolute atomic E-state index is 0.103. The van der Waals surface area contributed by atoms with Crippen molar-refractivity contribution >= 4 is 40.4 Å². The van der Waals surface area contributed by atoms with E-state index >= 15 is 0 Å². The highest BCUT2D eigenvalue weighted by Gasteiger charge is 2.17. The molecule has 26 heavy (non-hydrogen) atoms. The lowest BCUT2D eigenvalue weighted by Crippen LogP contribution is -2.23. The number of carbonyl (C=O) groups excluding carboxylic acids is 2. The molecule has 0 bridgehead atoms. The van der Waals surface area contributed by atoms with Crippen LogP contribution in [0.3, 0.4) is 0 Å². The molecule has 2 N–H and O–H groups in total. The zero-order valence-corrected chi connectivity index (χ0v) is 15.4. The number of nitrogens with one attached hydrogen (secondary N) is 2. The standard InChI is InChI=1S/C18H15ClN4O2S/c1-11-5-2-3-6-12(11)10-20-15(24)17-22-23-18(26-17)16(25)21-14-8-4-7-13(19)9-14/h2-9H,10H2,1H3,(H,20,24)(H,21,25). The molecular formula is C18H15ClN4O2S. The molecule has 0 atom stereocenters. The van der Waals surface area contributed by atoms with E-state index in [9.17, 15) is 9.59 Å². The molecule has 3 rings (SSSR count). The van der Waals surface area contributed by atoms with Gasteiger partial charge in [-0.25, -0.2) is 0 Å². The van der Waals surface area contributed by atoms with Crippen molar-refractivity contribution in [2.75, 3.05) is 5.32 Å². The van der Waals surface area contributed by atoms with Gasteiger partial charge >= 0.3 is 0 Å². The smallest absolute Gasteiger partial charge is 0.286 e. The number of hydrogen-bond acceptors (Lipinski definition) is 5. The van der Waals surface area contributed by atoms with Crippen molar-refractivity contribution in [2.45, 2.75) is 13.5 Å². The summed E-state index contributed by atoms with van der Waals surface area (Å²) >= 11 is 6.82. The van der Waals surface area contributed by atoms with E-state index in [0.29, 0.717) is 17.3 Å². The number of carbonyl (C=O) groups is 2. The largest absolute Gasteiger partial charge is 0.346 e. The second-order valence-corrected chi connectivity index (χ2v) is 6.90. The first-order valence-corrected chi connectivity index (χ1v) is 8.95. The van der Waals surface area contributed by atoms with E-state index < -0.39 is 5.91 Å². The Balaban J connectivity index is 1.62. The summed E-state index contributed by atoms with van der Waals surface area (Å²) in [5.74, 6) is -0.810. The van der Waals surface area contributed by atoms with Crippen LogP contribution in [0, 0.1) is 6.92 Å². The fourth-order valence-electron chi connectivity index (χ4n) is 2.22. The highest BCUT2D eigenvalue weighted by molar-refractivity contribution is 7.15. The Bertz CT molecular complexity index is 958. The molecule has 0 spiro atoms. The predicted molar refractivity (Wildman–Crippen MR) is 102 cm³/mol. The second-order valence-electron chi connectivity index (χ2n) is 5.49. The molecular weight excluding hydrogens is 372 g/mol. The molecule has 2 aromatic carbocycles. The minimum Gasteiger partial charge on any atom is -0.346 e. The zero-order chi connectivity index (χ0) is 18.5. The van der Waals surface area contributed by atoms with E-state index in [2.05, 4.69) is 20.8 Å². The van der Waals surface area contributed by atoms with E-state index in [1.54, 1.807) is 24.3 Å². The average molecular weight is 387 g/mol. The van der Waals surface area contributed by atoms with Gasteiger partial charge in [0.15, 0.2) is 0 Å². The topological polar surface area (TPSA) is 84.0 Å². The summed E-state index contributed by atoms with van der Waals surface area (Å²) in [6.07, 6.45) is 0. The van der Waals surface area contributed by atoms with E-state index in [4.69, 9.17) is 11.6 Å². The summed E-state index contributed by atoms with van der Waals surface area (Å²) in [7, 11) is 0. The van der Waals surface area contributed by atoms with Gasteiger partial charge in [0.05, 0.1) is 0 Å². The maximum Gasteiger partial charge on any atom is 0.286 e. The molecule has 6 nitrogen and oxygen atoms in total. The number of anilines is 1. The fraction of sp³-hybridized carbons (Fsp3) is 0.111. The summed E-state index contributed by atoms with van der Waals surface area (Å²) in [6.45, 7) is 2.36. The maximum absolute atomic E-state index is 12.2. The lowest BCUT2D eigenvalue weighted by atomic mass is 10.1. The number of amides is 2. The Morgan fingerprint density at radius 2 is 1.77 bits per heavy atom. The van der Waals surface area contributed by atoms with Gasteiger partial charge in [0.2, 0.25) is 10.0 Å². The van der Waals surface area contributed by atoms with E-state index in [1.165, 1.54) is 0 Å². The first kappa shape index (κ1) is 18.0. The highest BCUT2D eigenvalue weighted by Crippen LogP contribution is 2.17. The SMILES string of the molecule is Cc1ccccc1CNC(=O)c1nnc(C(=O)Nc2cccc(Cl)c2)s1. The van der Waals surface area contributed by atoms with Crippen LogP contribution in [0.1, 0.15) is 30.7 Å². The van der Waals surface area contributed by atoms with E-state index in [0.717, 1.165) is 22.5 Å². The molecule has 3 aromatic rings. The molecule has 132 valence electrons. The maximum atomic E-state index is 12.2. The number of benzene rings is 2. The molecule has 0 aliphatic rings. The summed E-state index contributed by atoms with van der Waals surface area (Å²) < 4.78 is 0. The Morgan fingerprint density at radius 1 is 1.04 bits per heavy atom. The lowest BCUT2D eigenvalue weighted by molar-refractivity contribution is 0.0948. The molecule has 2 amide bonds. The second kappa shape index (κ2) is 8.07. The Kier molecular flexibility index (Phi) is 5.60. The van der Waals surface area contributed by atoms with Crippen molar-refractivity contribution < 1.29 is 9.59 Å². The molecule has 0 saturated heterocycles. The number of rotatable bonds is 5. The van der Waals surface area contributed by atoms with Crippen LogP contribution in [0.2, 0.25) is 5.02 Å². The van der Waals surface area contributed by atoms with Gasteiger partial charge in [0.1, 0.15) is 0 Å². The zero-order valence-electron chi connectivity index (χ0n) is 13.8. The Labute approximate surface area is 159 Å². The van der Waals surface area contributed by atoms with Crippen molar-refractivity contribution in [3.05, 3.63) is 74.7 Å². The number of aryl methyl sites for hydroxylation is 1. The van der Waals surface area contributed by atoms with Crippen molar-refractivity contribution in [1.29, 1.82) is 0 Å². The van der Waals surface area contributed by atoms with Gasteiger partial charge in [-0.1, -0.05) is 53.3 Å². The summed E-state index contributed by atoms with van der Waals surface area (Å²) in [5.41, 5.74) is 2.65. The number of nitrogens with zero attached hydrogens (tertiary/aromatic N) is 2. The third-order valence-corrected chi connectivity index (χ3v) is 4.75. The van der Waals surface area contributed by atoms with Crippen molar-refractivity contribution in [2.24, 2.45) is 0 Å². The third kappa shape index (κ3) is 4.44. The monoisotopic (exact) mass is 386 g/mol. The minimum atomic E-state index is -0.442. The highest BCUT2D eigenvalue weighted by atomic mass is 35.5. The van der Waals surface area contributed by atoms with Crippen molar-refractivity contribution in [3.8, 4) is 0 Å². The lowest BCUT2D eigenvalue weighted by Gasteiger charge is -2.05. The van der Waals surface area contributed by atoms with Gasteiger partial charge in [0, 0.05) is 17.3 Å². The van der Waals surface area contributed by atoms with Crippen LogP contribution in [0.5, 0.6) is 0 Å². The predicted octanol–water partition coefficient (Wildman–Crippen LogP) is 3.68. The van der Waals surface area contributed by atoms with E-state index in [-0.39, 0.29) is 15.9 Å². The van der Waals surface area contributed by atoms with Crippen LogP contribution in [0.25, 0.3) is 0 Å². The van der Waals surface area contributed by atoms with Crippen molar-refractivity contribution in [1.82, 2.24) is 15.5 Å². The van der Waals surface area contributed by atoms with Gasteiger partial charge in [-0.05, 0) is 36.2 Å². The summed E-state index contributed by atoms with van der Waals surface area (Å²) in [4.78, 5) is 24.4. The third-order valence-electron chi connectivity index (χ3n) is 3.60. The Hall–Kier alpha value is -2.77. The van der Waals surface area contributed by atoms with Crippen LogP contribution in [-0.4, -0.2) is 22.0 Å². The molecule has 1 aromatic heterocycles. The molecule has 0 saturated carbocycles. The molecule has 0 unspecified atom stereocenters.